The summed E-state index contributed by atoms with van der Waals surface area (Å²) in [6.45, 7) is 1.63. The van der Waals surface area contributed by atoms with Gasteiger partial charge in [-0.15, -0.1) is 11.3 Å². The largest absolute Gasteiger partial charge is 0.497 e. The third kappa shape index (κ3) is 5.63. The first-order valence-corrected chi connectivity index (χ1v) is 11.2. The number of carbonyl (C=O) groups excluding carboxylic acids is 1. The Bertz CT molecular complexity index is 1080. The lowest BCUT2D eigenvalue weighted by molar-refractivity contribution is -0.114. The standard InChI is InChI=1S/C20H21N3O4S2/c1-14(24)22-16-5-9-19(10-6-16)29(25,26)21-12-11-17-13-28-20(23-17)15-3-7-18(27-2)8-4-15/h3-10,13,21H,11-12H2,1-2H3,(H,22,24). The van der Waals surface area contributed by atoms with Crippen molar-refractivity contribution in [3.05, 3.63) is 59.6 Å². The minimum Gasteiger partial charge on any atom is -0.497 e. The molecule has 3 rings (SSSR count). The molecular weight excluding hydrogens is 410 g/mol. The molecule has 0 fully saturated rings. The van der Waals surface area contributed by atoms with E-state index in [4.69, 9.17) is 4.74 Å². The van der Waals surface area contributed by atoms with E-state index in [9.17, 15) is 13.2 Å². The van der Waals surface area contributed by atoms with Crippen LogP contribution in [0.2, 0.25) is 0 Å². The van der Waals surface area contributed by atoms with Crippen LogP contribution in [0.15, 0.2) is 58.8 Å². The molecule has 0 unspecified atom stereocenters. The van der Waals surface area contributed by atoms with Gasteiger partial charge < -0.3 is 10.1 Å². The first-order valence-electron chi connectivity index (χ1n) is 8.83. The van der Waals surface area contributed by atoms with Crippen molar-refractivity contribution >= 4 is 33.0 Å². The van der Waals surface area contributed by atoms with E-state index in [0.717, 1.165) is 22.0 Å². The zero-order chi connectivity index (χ0) is 20.9. The number of ether oxygens (including phenoxy) is 1. The minimum absolute atomic E-state index is 0.142. The van der Waals surface area contributed by atoms with Crippen LogP contribution in [0.3, 0.4) is 0 Å². The van der Waals surface area contributed by atoms with Crippen LogP contribution >= 0.6 is 11.3 Å². The lowest BCUT2D eigenvalue weighted by Crippen LogP contribution is -2.26. The summed E-state index contributed by atoms with van der Waals surface area (Å²) in [6.07, 6.45) is 0.482. The molecule has 1 amide bonds. The fourth-order valence-corrected chi connectivity index (χ4v) is 4.50. The Morgan fingerprint density at radius 2 is 1.79 bits per heavy atom. The molecule has 9 heteroatoms. The van der Waals surface area contributed by atoms with Crippen LogP contribution in [0.5, 0.6) is 5.75 Å². The molecule has 0 bridgehead atoms. The Kier molecular flexibility index (Phi) is 6.63. The molecule has 152 valence electrons. The van der Waals surface area contributed by atoms with Gasteiger partial charge in [0.2, 0.25) is 15.9 Å². The maximum Gasteiger partial charge on any atom is 0.240 e. The number of hydrogen-bond acceptors (Lipinski definition) is 6. The van der Waals surface area contributed by atoms with Crippen molar-refractivity contribution in [2.24, 2.45) is 0 Å². The Balaban J connectivity index is 1.57. The van der Waals surface area contributed by atoms with Gasteiger partial charge in [-0.2, -0.15) is 0 Å². The molecule has 2 aromatic carbocycles. The van der Waals surface area contributed by atoms with Crippen LogP contribution in [-0.4, -0.2) is 33.0 Å². The normalized spacial score (nSPS) is 11.2. The van der Waals surface area contributed by atoms with Crippen LogP contribution in [0, 0.1) is 0 Å². The summed E-state index contributed by atoms with van der Waals surface area (Å²) in [5.74, 6) is 0.570. The van der Waals surface area contributed by atoms with Gasteiger partial charge in [0.05, 0.1) is 17.7 Å². The third-order valence-electron chi connectivity index (χ3n) is 4.05. The number of hydrogen-bond donors (Lipinski definition) is 2. The Morgan fingerprint density at radius 3 is 2.41 bits per heavy atom. The van der Waals surface area contributed by atoms with Crippen molar-refractivity contribution in [1.82, 2.24) is 9.71 Å². The number of nitrogens with zero attached hydrogens (tertiary/aromatic N) is 1. The Morgan fingerprint density at radius 1 is 1.10 bits per heavy atom. The van der Waals surface area contributed by atoms with Crippen molar-refractivity contribution in [1.29, 1.82) is 0 Å². The Labute approximate surface area is 173 Å². The van der Waals surface area contributed by atoms with E-state index < -0.39 is 10.0 Å². The summed E-state index contributed by atoms with van der Waals surface area (Å²) in [6, 6.07) is 13.7. The van der Waals surface area contributed by atoms with Crippen LogP contribution in [0.25, 0.3) is 10.6 Å². The maximum atomic E-state index is 12.4. The number of anilines is 1. The van der Waals surface area contributed by atoms with Crippen molar-refractivity contribution in [2.45, 2.75) is 18.2 Å². The summed E-state index contributed by atoms with van der Waals surface area (Å²) in [7, 11) is -2.01. The smallest absolute Gasteiger partial charge is 0.240 e. The summed E-state index contributed by atoms with van der Waals surface area (Å²) >= 11 is 1.51. The van der Waals surface area contributed by atoms with E-state index >= 15 is 0 Å². The second-order valence-corrected chi connectivity index (χ2v) is 8.85. The second kappa shape index (κ2) is 9.17. The number of benzene rings is 2. The monoisotopic (exact) mass is 431 g/mol. The molecule has 29 heavy (non-hydrogen) atoms. The minimum atomic E-state index is -3.63. The molecule has 0 spiro atoms. The van der Waals surface area contributed by atoms with Crippen molar-refractivity contribution < 1.29 is 17.9 Å². The average Bonchev–Trinajstić information content (AvgIpc) is 3.17. The van der Waals surface area contributed by atoms with Crippen LogP contribution in [0.4, 0.5) is 5.69 Å². The van der Waals surface area contributed by atoms with E-state index in [1.165, 1.54) is 30.4 Å². The molecule has 3 aromatic rings. The number of aromatic nitrogens is 1. The molecule has 0 saturated carbocycles. The predicted molar refractivity (Wildman–Crippen MR) is 114 cm³/mol. The van der Waals surface area contributed by atoms with E-state index in [-0.39, 0.29) is 17.3 Å². The fourth-order valence-electron chi connectivity index (χ4n) is 2.61. The number of sulfonamides is 1. The van der Waals surface area contributed by atoms with E-state index in [2.05, 4.69) is 15.0 Å². The SMILES string of the molecule is COc1ccc(-c2nc(CCNS(=O)(=O)c3ccc(NC(C)=O)cc3)cs2)cc1. The van der Waals surface area contributed by atoms with Gasteiger partial charge in [-0.05, 0) is 48.5 Å². The molecule has 2 N–H and O–H groups in total. The van der Waals surface area contributed by atoms with Gasteiger partial charge in [-0.3, -0.25) is 4.79 Å². The molecule has 0 atom stereocenters. The zero-order valence-electron chi connectivity index (χ0n) is 16.0. The summed E-state index contributed by atoms with van der Waals surface area (Å²) in [5, 5.41) is 5.40. The highest BCUT2D eigenvalue weighted by Crippen LogP contribution is 2.25. The highest BCUT2D eigenvalue weighted by molar-refractivity contribution is 7.89. The predicted octanol–water partition coefficient (Wildman–Crippen LogP) is 3.30. The first-order chi connectivity index (χ1) is 13.9. The van der Waals surface area contributed by atoms with E-state index in [1.54, 1.807) is 19.2 Å². The summed E-state index contributed by atoms with van der Waals surface area (Å²) in [4.78, 5) is 15.8. The number of rotatable bonds is 8. The first kappa shape index (κ1) is 21.0. The highest BCUT2D eigenvalue weighted by Gasteiger charge is 2.14. The number of methoxy groups -OCH3 is 1. The molecule has 0 aliphatic heterocycles. The molecule has 0 radical (unpaired) electrons. The maximum absolute atomic E-state index is 12.4. The van der Waals surface area contributed by atoms with Crippen molar-refractivity contribution in [3.8, 4) is 16.3 Å². The zero-order valence-corrected chi connectivity index (χ0v) is 17.6. The van der Waals surface area contributed by atoms with Crippen molar-refractivity contribution in [3.63, 3.8) is 0 Å². The van der Waals surface area contributed by atoms with Gasteiger partial charge >= 0.3 is 0 Å². The van der Waals surface area contributed by atoms with Gasteiger partial charge in [-0.1, -0.05) is 0 Å². The lowest BCUT2D eigenvalue weighted by atomic mass is 10.2. The fraction of sp³-hybridized carbons (Fsp3) is 0.200. The van der Waals surface area contributed by atoms with Gasteiger partial charge in [0.15, 0.2) is 0 Å². The summed E-state index contributed by atoms with van der Waals surface area (Å²) in [5.41, 5.74) is 2.36. The number of thiazole rings is 1. The molecule has 0 aliphatic carbocycles. The second-order valence-electron chi connectivity index (χ2n) is 6.23. The number of nitrogens with one attached hydrogen (secondary N) is 2. The molecule has 7 nitrogen and oxygen atoms in total. The quantitative estimate of drug-likeness (QED) is 0.570. The lowest BCUT2D eigenvalue weighted by Gasteiger charge is -2.07. The molecule has 1 heterocycles. The van der Waals surface area contributed by atoms with E-state index in [1.807, 2.05) is 29.6 Å². The van der Waals surface area contributed by atoms with Crippen LogP contribution < -0.4 is 14.8 Å². The van der Waals surface area contributed by atoms with Gasteiger partial charge in [0, 0.05) is 36.5 Å². The molecular formula is C20H21N3O4S2. The summed E-state index contributed by atoms with van der Waals surface area (Å²) < 4.78 is 32.6. The van der Waals surface area contributed by atoms with Crippen LogP contribution in [0.1, 0.15) is 12.6 Å². The van der Waals surface area contributed by atoms with Gasteiger partial charge in [-0.25, -0.2) is 18.1 Å². The topological polar surface area (TPSA) is 97.4 Å². The van der Waals surface area contributed by atoms with Crippen LogP contribution in [-0.2, 0) is 21.2 Å². The number of amides is 1. The molecule has 1 aromatic heterocycles. The molecule has 0 aliphatic rings. The van der Waals surface area contributed by atoms with Gasteiger partial charge in [0.1, 0.15) is 10.8 Å². The van der Waals surface area contributed by atoms with Gasteiger partial charge in [0.25, 0.3) is 0 Å². The third-order valence-corrected chi connectivity index (χ3v) is 6.46. The molecule has 0 saturated heterocycles. The van der Waals surface area contributed by atoms with E-state index in [0.29, 0.717) is 12.1 Å². The van der Waals surface area contributed by atoms with Crippen molar-refractivity contribution in [2.75, 3.05) is 19.0 Å². The number of carbonyl (C=O) groups is 1. The Hall–Kier alpha value is -2.75. The highest BCUT2D eigenvalue weighted by atomic mass is 32.2. The average molecular weight is 432 g/mol.